The zero-order valence-electron chi connectivity index (χ0n) is 10.4. The van der Waals surface area contributed by atoms with Gasteiger partial charge in [0, 0.05) is 0 Å². The molecule has 0 radical (unpaired) electrons. The summed E-state index contributed by atoms with van der Waals surface area (Å²) < 4.78 is 24.3. The maximum absolute atomic E-state index is 12.2. The Kier molecular flexibility index (Phi) is 3.76. The number of aromatic hydroxyl groups is 1. The van der Waals surface area contributed by atoms with Gasteiger partial charge in [-0.15, -0.1) is 0 Å². The lowest BCUT2D eigenvalue weighted by Crippen LogP contribution is -2.05. The van der Waals surface area contributed by atoms with Gasteiger partial charge in [-0.3, -0.25) is 0 Å². The fourth-order valence-corrected chi connectivity index (χ4v) is 3.05. The number of phenolic OH excluding ortho intramolecular Hbond substituents is 1. The number of benzene rings is 2. The van der Waals surface area contributed by atoms with E-state index in [2.05, 4.69) is 0 Å². The monoisotopic (exact) mass is 292 g/mol. The number of carboxylic acid groups (broad SMARTS) is 1. The van der Waals surface area contributed by atoms with Gasteiger partial charge in [0.2, 0.25) is 0 Å². The summed E-state index contributed by atoms with van der Waals surface area (Å²) in [5.41, 5.74) is 0.582. The van der Waals surface area contributed by atoms with Gasteiger partial charge in [-0.05, 0) is 42.0 Å². The number of hydrogen-bond donors (Lipinski definition) is 2. The first-order chi connectivity index (χ1) is 9.38. The zero-order valence-corrected chi connectivity index (χ0v) is 11.2. The smallest absolute Gasteiger partial charge is 0.335 e. The van der Waals surface area contributed by atoms with E-state index < -0.39 is 15.8 Å². The van der Waals surface area contributed by atoms with E-state index in [0.717, 1.165) is 0 Å². The Hall–Kier alpha value is -2.34. The van der Waals surface area contributed by atoms with Crippen LogP contribution in [0.15, 0.2) is 53.4 Å². The van der Waals surface area contributed by atoms with Crippen LogP contribution in [0.5, 0.6) is 5.75 Å². The summed E-state index contributed by atoms with van der Waals surface area (Å²) in [6, 6.07) is 10.9. The average molecular weight is 292 g/mol. The van der Waals surface area contributed by atoms with Crippen molar-refractivity contribution in [2.45, 2.75) is 10.6 Å². The molecular weight excluding hydrogens is 280 g/mol. The van der Waals surface area contributed by atoms with Crippen LogP contribution in [0.2, 0.25) is 0 Å². The number of carbonyl (C=O) groups is 1. The topological polar surface area (TPSA) is 91.7 Å². The van der Waals surface area contributed by atoms with Crippen molar-refractivity contribution >= 4 is 15.8 Å². The molecule has 0 heterocycles. The lowest BCUT2D eigenvalue weighted by molar-refractivity contribution is 0.0696. The Labute approximate surface area is 116 Å². The highest BCUT2D eigenvalue weighted by Crippen LogP contribution is 2.18. The third kappa shape index (κ3) is 3.16. The van der Waals surface area contributed by atoms with Crippen LogP contribution in [0.3, 0.4) is 0 Å². The minimum absolute atomic E-state index is 0.0357. The molecule has 2 rings (SSSR count). The van der Waals surface area contributed by atoms with Gasteiger partial charge in [-0.25, -0.2) is 13.2 Å². The summed E-state index contributed by atoms with van der Waals surface area (Å²) >= 11 is 0. The van der Waals surface area contributed by atoms with E-state index in [1.165, 1.54) is 48.5 Å². The second-order valence-corrected chi connectivity index (χ2v) is 6.24. The van der Waals surface area contributed by atoms with Gasteiger partial charge < -0.3 is 10.2 Å². The van der Waals surface area contributed by atoms with Crippen LogP contribution in [0.4, 0.5) is 0 Å². The lowest BCUT2D eigenvalue weighted by atomic mass is 10.2. The molecule has 104 valence electrons. The van der Waals surface area contributed by atoms with Gasteiger partial charge in [0.1, 0.15) is 5.75 Å². The molecule has 2 aromatic carbocycles. The number of aromatic carboxylic acids is 1. The minimum atomic E-state index is -3.54. The van der Waals surface area contributed by atoms with Crippen LogP contribution < -0.4 is 0 Å². The number of rotatable bonds is 4. The second-order valence-electron chi connectivity index (χ2n) is 4.26. The standard InChI is InChI=1S/C14H12O5S/c15-12-5-1-10(2-6-12)9-20(18,19)13-7-3-11(4-8-13)14(16)17/h1-8,15H,9H2,(H,16,17). The summed E-state index contributed by atoms with van der Waals surface area (Å²) in [6.45, 7) is 0. The largest absolute Gasteiger partial charge is 0.508 e. The second kappa shape index (κ2) is 5.34. The third-order valence-corrected chi connectivity index (χ3v) is 4.46. The van der Waals surface area contributed by atoms with E-state index in [4.69, 9.17) is 10.2 Å². The molecule has 0 aromatic heterocycles. The molecule has 0 amide bonds. The van der Waals surface area contributed by atoms with Crippen molar-refractivity contribution in [2.24, 2.45) is 0 Å². The molecular formula is C14H12O5S. The Bertz CT molecular complexity index is 715. The minimum Gasteiger partial charge on any atom is -0.508 e. The summed E-state index contributed by atoms with van der Waals surface area (Å²) in [6.07, 6.45) is 0. The van der Waals surface area contributed by atoms with Gasteiger partial charge in [0.25, 0.3) is 0 Å². The van der Waals surface area contributed by atoms with Crippen molar-refractivity contribution in [1.29, 1.82) is 0 Å². The summed E-state index contributed by atoms with van der Waals surface area (Å²) in [7, 11) is -3.54. The molecule has 0 atom stereocenters. The SMILES string of the molecule is O=C(O)c1ccc(S(=O)(=O)Cc2ccc(O)cc2)cc1. The molecule has 0 unspecified atom stereocenters. The molecule has 2 N–H and O–H groups in total. The Morgan fingerprint density at radius 3 is 2.00 bits per heavy atom. The molecule has 20 heavy (non-hydrogen) atoms. The van der Waals surface area contributed by atoms with Crippen LogP contribution in [0.25, 0.3) is 0 Å². The van der Waals surface area contributed by atoms with E-state index >= 15 is 0 Å². The van der Waals surface area contributed by atoms with Gasteiger partial charge in [-0.1, -0.05) is 12.1 Å². The average Bonchev–Trinajstić information content (AvgIpc) is 2.41. The highest BCUT2D eigenvalue weighted by molar-refractivity contribution is 7.90. The summed E-state index contributed by atoms with van der Waals surface area (Å²) in [5, 5.41) is 17.9. The van der Waals surface area contributed by atoms with Crippen LogP contribution in [0, 0.1) is 0 Å². The summed E-state index contributed by atoms with van der Waals surface area (Å²) in [4.78, 5) is 10.8. The van der Waals surface area contributed by atoms with Crippen molar-refractivity contribution in [3.8, 4) is 5.75 Å². The molecule has 0 fully saturated rings. The molecule has 0 aliphatic carbocycles. The first kappa shape index (κ1) is 14.1. The van der Waals surface area contributed by atoms with E-state index in [0.29, 0.717) is 5.56 Å². The quantitative estimate of drug-likeness (QED) is 0.900. The number of hydrogen-bond acceptors (Lipinski definition) is 4. The van der Waals surface area contributed by atoms with Gasteiger partial charge in [0.15, 0.2) is 9.84 Å². The highest BCUT2D eigenvalue weighted by Gasteiger charge is 2.16. The van der Waals surface area contributed by atoms with Crippen LogP contribution in [-0.2, 0) is 15.6 Å². The molecule has 0 saturated heterocycles. The molecule has 6 heteroatoms. The first-order valence-corrected chi connectivity index (χ1v) is 7.38. The van der Waals surface area contributed by atoms with Crippen LogP contribution in [0.1, 0.15) is 15.9 Å². The molecule has 0 saturated carbocycles. The summed E-state index contributed by atoms with van der Waals surface area (Å²) in [5.74, 6) is -1.25. The molecule has 0 aliphatic heterocycles. The van der Waals surface area contributed by atoms with E-state index in [-0.39, 0.29) is 22.0 Å². The lowest BCUT2D eigenvalue weighted by Gasteiger charge is -2.05. The predicted octanol–water partition coefficient (Wildman–Crippen LogP) is 2.06. The maximum atomic E-state index is 12.2. The van der Waals surface area contributed by atoms with Crippen LogP contribution >= 0.6 is 0 Å². The zero-order chi connectivity index (χ0) is 14.8. The van der Waals surface area contributed by atoms with E-state index in [9.17, 15) is 13.2 Å². The van der Waals surface area contributed by atoms with E-state index in [1.54, 1.807) is 0 Å². The predicted molar refractivity (Wildman–Crippen MR) is 72.4 cm³/mol. The van der Waals surface area contributed by atoms with Gasteiger partial charge in [-0.2, -0.15) is 0 Å². The fourth-order valence-electron chi connectivity index (χ4n) is 1.70. The number of phenols is 1. The maximum Gasteiger partial charge on any atom is 0.335 e. The van der Waals surface area contributed by atoms with Crippen molar-refractivity contribution in [3.63, 3.8) is 0 Å². The van der Waals surface area contributed by atoms with Crippen molar-refractivity contribution < 1.29 is 23.4 Å². The molecule has 0 bridgehead atoms. The molecule has 5 nitrogen and oxygen atoms in total. The van der Waals surface area contributed by atoms with Crippen molar-refractivity contribution in [2.75, 3.05) is 0 Å². The fraction of sp³-hybridized carbons (Fsp3) is 0.0714. The van der Waals surface area contributed by atoms with Crippen molar-refractivity contribution in [1.82, 2.24) is 0 Å². The first-order valence-electron chi connectivity index (χ1n) is 5.72. The van der Waals surface area contributed by atoms with Crippen molar-refractivity contribution in [3.05, 3.63) is 59.7 Å². The molecule has 2 aromatic rings. The number of carboxylic acids is 1. The Morgan fingerprint density at radius 1 is 0.950 bits per heavy atom. The third-order valence-electron chi connectivity index (χ3n) is 2.75. The normalized spacial score (nSPS) is 11.2. The highest BCUT2D eigenvalue weighted by atomic mass is 32.2. The van der Waals surface area contributed by atoms with Crippen LogP contribution in [-0.4, -0.2) is 24.6 Å². The molecule has 0 spiro atoms. The van der Waals surface area contributed by atoms with E-state index in [1.807, 2.05) is 0 Å². The molecule has 0 aliphatic rings. The Morgan fingerprint density at radius 2 is 1.50 bits per heavy atom. The Balaban J connectivity index is 2.26. The van der Waals surface area contributed by atoms with Gasteiger partial charge in [0.05, 0.1) is 16.2 Å². The van der Waals surface area contributed by atoms with Gasteiger partial charge >= 0.3 is 5.97 Å². The number of sulfone groups is 1.